The van der Waals surface area contributed by atoms with Crippen molar-refractivity contribution < 1.29 is 4.74 Å². The zero-order chi connectivity index (χ0) is 14.1. The fourth-order valence-corrected chi connectivity index (χ4v) is 3.71. The van der Waals surface area contributed by atoms with Gasteiger partial charge in [0.15, 0.2) is 0 Å². The van der Waals surface area contributed by atoms with Crippen molar-refractivity contribution in [1.29, 1.82) is 0 Å². The SMILES string of the molecule is c1cc(C2CC2)ccc1CNCC1CN2CCCC2CO1. The van der Waals surface area contributed by atoms with E-state index in [0.29, 0.717) is 12.1 Å². The largest absolute Gasteiger partial charge is 0.374 e. The molecule has 2 atom stereocenters. The third-order valence-electron chi connectivity index (χ3n) is 5.19. The number of nitrogens with one attached hydrogen (secondary N) is 1. The van der Waals surface area contributed by atoms with Gasteiger partial charge >= 0.3 is 0 Å². The van der Waals surface area contributed by atoms with Gasteiger partial charge in [-0.05, 0) is 49.3 Å². The van der Waals surface area contributed by atoms with Crippen LogP contribution in [0, 0.1) is 0 Å². The Balaban J connectivity index is 1.22. The van der Waals surface area contributed by atoms with Crippen LogP contribution in [0.3, 0.4) is 0 Å². The topological polar surface area (TPSA) is 24.5 Å². The van der Waals surface area contributed by atoms with E-state index < -0.39 is 0 Å². The van der Waals surface area contributed by atoms with E-state index in [-0.39, 0.29) is 0 Å². The Hall–Kier alpha value is -0.900. The van der Waals surface area contributed by atoms with Crippen LogP contribution in [0.5, 0.6) is 0 Å². The van der Waals surface area contributed by atoms with Crippen molar-refractivity contribution in [2.45, 2.75) is 50.3 Å². The monoisotopic (exact) mass is 286 g/mol. The number of morpholine rings is 1. The van der Waals surface area contributed by atoms with Gasteiger partial charge in [-0.3, -0.25) is 4.90 Å². The van der Waals surface area contributed by atoms with E-state index >= 15 is 0 Å². The molecule has 2 heterocycles. The third kappa shape index (κ3) is 3.31. The van der Waals surface area contributed by atoms with Crippen LogP contribution in [0.15, 0.2) is 24.3 Å². The predicted octanol–water partition coefficient (Wildman–Crippen LogP) is 2.52. The van der Waals surface area contributed by atoms with E-state index in [9.17, 15) is 0 Å². The summed E-state index contributed by atoms with van der Waals surface area (Å²) in [6.07, 6.45) is 5.81. The average molecular weight is 286 g/mol. The normalized spacial score (nSPS) is 29.5. The molecule has 4 rings (SSSR count). The lowest BCUT2D eigenvalue weighted by Gasteiger charge is -2.35. The molecule has 0 spiro atoms. The number of hydrogen-bond donors (Lipinski definition) is 1. The molecule has 3 heteroatoms. The van der Waals surface area contributed by atoms with Gasteiger partial charge in [0.2, 0.25) is 0 Å². The smallest absolute Gasteiger partial charge is 0.0827 e. The maximum absolute atomic E-state index is 5.98. The van der Waals surface area contributed by atoms with Crippen molar-refractivity contribution in [1.82, 2.24) is 10.2 Å². The van der Waals surface area contributed by atoms with Gasteiger partial charge in [0.1, 0.15) is 0 Å². The van der Waals surface area contributed by atoms with E-state index in [4.69, 9.17) is 4.74 Å². The van der Waals surface area contributed by atoms with Crippen LogP contribution >= 0.6 is 0 Å². The first-order chi connectivity index (χ1) is 10.4. The number of benzene rings is 1. The Bertz CT molecular complexity index is 469. The standard InChI is InChI=1S/C18H26N2O/c1-2-17-13-21-18(12-20(17)9-1)11-19-10-14-3-5-15(6-4-14)16-7-8-16/h3-6,16-19H,1-2,7-13H2. The Morgan fingerprint density at radius 3 is 2.81 bits per heavy atom. The summed E-state index contributed by atoms with van der Waals surface area (Å²) in [5.41, 5.74) is 2.91. The van der Waals surface area contributed by atoms with Crippen molar-refractivity contribution in [2.24, 2.45) is 0 Å². The average Bonchev–Trinajstić information content (AvgIpc) is 3.26. The molecule has 0 aromatic heterocycles. The number of ether oxygens (including phenoxy) is 1. The molecule has 21 heavy (non-hydrogen) atoms. The minimum Gasteiger partial charge on any atom is -0.374 e. The van der Waals surface area contributed by atoms with Crippen LogP contribution < -0.4 is 5.32 Å². The van der Waals surface area contributed by atoms with E-state index in [2.05, 4.69) is 34.5 Å². The first-order valence-corrected chi connectivity index (χ1v) is 8.54. The van der Waals surface area contributed by atoms with Gasteiger partial charge in [-0.15, -0.1) is 0 Å². The van der Waals surface area contributed by atoms with Crippen molar-refractivity contribution in [3.63, 3.8) is 0 Å². The molecule has 0 radical (unpaired) electrons. The van der Waals surface area contributed by atoms with Gasteiger partial charge < -0.3 is 10.1 Å². The van der Waals surface area contributed by atoms with Gasteiger partial charge in [0.25, 0.3) is 0 Å². The summed E-state index contributed by atoms with van der Waals surface area (Å²) in [6.45, 7) is 5.23. The summed E-state index contributed by atoms with van der Waals surface area (Å²) in [5, 5.41) is 3.56. The van der Waals surface area contributed by atoms with Crippen LogP contribution in [0.4, 0.5) is 0 Å². The molecule has 3 fully saturated rings. The second kappa shape index (κ2) is 6.07. The number of nitrogens with zero attached hydrogens (tertiary/aromatic N) is 1. The van der Waals surface area contributed by atoms with Gasteiger partial charge in [-0.25, -0.2) is 0 Å². The van der Waals surface area contributed by atoms with Crippen LogP contribution in [0.1, 0.15) is 42.7 Å². The highest BCUT2D eigenvalue weighted by atomic mass is 16.5. The van der Waals surface area contributed by atoms with E-state index in [0.717, 1.165) is 32.2 Å². The lowest BCUT2D eigenvalue weighted by molar-refractivity contribution is -0.0470. The highest BCUT2D eigenvalue weighted by Crippen LogP contribution is 2.39. The fraction of sp³-hybridized carbons (Fsp3) is 0.667. The minimum atomic E-state index is 0.366. The van der Waals surface area contributed by atoms with E-state index in [1.165, 1.54) is 43.4 Å². The second-order valence-electron chi connectivity index (χ2n) is 6.89. The second-order valence-corrected chi connectivity index (χ2v) is 6.89. The molecule has 2 aliphatic heterocycles. The highest BCUT2D eigenvalue weighted by molar-refractivity contribution is 5.27. The Kier molecular flexibility index (Phi) is 3.97. The van der Waals surface area contributed by atoms with Crippen LogP contribution in [-0.4, -0.2) is 43.3 Å². The summed E-state index contributed by atoms with van der Waals surface area (Å²) in [7, 11) is 0. The molecule has 1 aromatic rings. The molecule has 3 nitrogen and oxygen atoms in total. The van der Waals surface area contributed by atoms with Gasteiger partial charge in [-0.2, -0.15) is 0 Å². The molecular formula is C18H26N2O. The Morgan fingerprint density at radius 1 is 1.14 bits per heavy atom. The number of rotatable bonds is 5. The summed E-state index contributed by atoms with van der Waals surface area (Å²) < 4.78 is 5.98. The summed E-state index contributed by atoms with van der Waals surface area (Å²) in [4.78, 5) is 2.61. The van der Waals surface area contributed by atoms with Crippen molar-refractivity contribution in [3.05, 3.63) is 35.4 Å². The van der Waals surface area contributed by atoms with Crippen LogP contribution in [-0.2, 0) is 11.3 Å². The van der Waals surface area contributed by atoms with Gasteiger partial charge in [-0.1, -0.05) is 24.3 Å². The molecule has 114 valence electrons. The first kappa shape index (κ1) is 13.7. The first-order valence-electron chi connectivity index (χ1n) is 8.54. The minimum absolute atomic E-state index is 0.366. The highest BCUT2D eigenvalue weighted by Gasteiger charge is 2.31. The maximum Gasteiger partial charge on any atom is 0.0827 e. The maximum atomic E-state index is 5.98. The molecule has 0 bridgehead atoms. The Labute approximate surface area is 127 Å². The molecule has 1 N–H and O–H groups in total. The number of hydrogen-bond acceptors (Lipinski definition) is 3. The van der Waals surface area contributed by atoms with Crippen molar-refractivity contribution in [3.8, 4) is 0 Å². The molecule has 1 aliphatic carbocycles. The summed E-state index contributed by atoms with van der Waals surface area (Å²) >= 11 is 0. The molecule has 2 saturated heterocycles. The van der Waals surface area contributed by atoms with E-state index in [1.54, 1.807) is 0 Å². The summed E-state index contributed by atoms with van der Waals surface area (Å²) in [5.74, 6) is 0.857. The molecule has 2 unspecified atom stereocenters. The lowest BCUT2D eigenvalue weighted by Crippen LogP contribution is -2.49. The Morgan fingerprint density at radius 2 is 2.00 bits per heavy atom. The zero-order valence-electron chi connectivity index (χ0n) is 12.8. The molecule has 1 saturated carbocycles. The molecule has 3 aliphatic rings. The molecule has 0 amide bonds. The number of fused-ring (bicyclic) bond motifs is 1. The predicted molar refractivity (Wildman–Crippen MR) is 84.5 cm³/mol. The molecular weight excluding hydrogens is 260 g/mol. The quantitative estimate of drug-likeness (QED) is 0.900. The molecule has 1 aromatic carbocycles. The van der Waals surface area contributed by atoms with Gasteiger partial charge in [0.05, 0.1) is 12.7 Å². The van der Waals surface area contributed by atoms with Crippen molar-refractivity contribution in [2.75, 3.05) is 26.2 Å². The fourth-order valence-electron chi connectivity index (χ4n) is 3.71. The van der Waals surface area contributed by atoms with Gasteiger partial charge in [0, 0.05) is 25.7 Å². The summed E-state index contributed by atoms with van der Waals surface area (Å²) in [6, 6.07) is 9.87. The van der Waals surface area contributed by atoms with Crippen LogP contribution in [0.25, 0.3) is 0 Å². The third-order valence-corrected chi connectivity index (χ3v) is 5.19. The lowest BCUT2D eigenvalue weighted by atomic mass is 10.1. The van der Waals surface area contributed by atoms with E-state index in [1.807, 2.05) is 0 Å². The zero-order valence-corrected chi connectivity index (χ0v) is 12.8. The van der Waals surface area contributed by atoms with Crippen molar-refractivity contribution >= 4 is 0 Å². The van der Waals surface area contributed by atoms with Crippen LogP contribution in [0.2, 0.25) is 0 Å².